The van der Waals surface area contributed by atoms with E-state index in [1.54, 1.807) is 31.7 Å². The van der Waals surface area contributed by atoms with Crippen LogP contribution in [0.5, 0.6) is 0 Å². The normalized spacial score (nSPS) is 13.8. The van der Waals surface area contributed by atoms with Crippen molar-refractivity contribution >= 4 is 53.5 Å². The highest BCUT2D eigenvalue weighted by atomic mass is 16.5. The number of unbranched alkanes of at least 4 members (excludes halogenated alkanes) is 8. The van der Waals surface area contributed by atoms with E-state index in [-0.39, 0.29) is 30.2 Å². The molecule has 594 valence electrons. The van der Waals surface area contributed by atoms with Gasteiger partial charge in [-0.15, -0.1) is 0 Å². The van der Waals surface area contributed by atoms with E-state index >= 15 is 0 Å². The summed E-state index contributed by atoms with van der Waals surface area (Å²) in [7, 11) is 0. The Hall–Kier alpha value is -10.1. The van der Waals surface area contributed by atoms with Gasteiger partial charge < -0.3 is 41.0 Å². The molecule has 0 fully saturated rings. The smallest absolute Gasteiger partial charge is 0.306 e. The van der Waals surface area contributed by atoms with E-state index in [2.05, 4.69) is 115 Å². The maximum Gasteiger partial charge on any atom is 0.306 e. The number of rotatable bonds is 35. The first kappa shape index (κ1) is 86.5. The second kappa shape index (κ2) is 49.2. The molecule has 0 spiro atoms. The third kappa shape index (κ3) is 32.8. The number of carboxylic acids is 1. The molecular formula is C87H118N16O8. The molecule has 0 radical (unpaired) electrons. The molecule has 0 bridgehead atoms. The number of esters is 2. The molecule has 6 N–H and O–H groups in total. The van der Waals surface area contributed by atoms with Crippen LogP contribution >= 0.6 is 0 Å². The number of anilines is 4. The van der Waals surface area contributed by atoms with E-state index < -0.39 is 12.1 Å². The van der Waals surface area contributed by atoms with E-state index in [4.69, 9.17) is 24.4 Å². The number of carbonyl (C=O) groups is 4. The lowest BCUT2D eigenvalue weighted by molar-refractivity contribution is -0.144. The summed E-state index contributed by atoms with van der Waals surface area (Å²) >= 11 is 0. The predicted octanol–water partition coefficient (Wildman–Crippen LogP) is 15.7. The summed E-state index contributed by atoms with van der Waals surface area (Å²) in [5.74, 6) is 6.27. The third-order valence-electron chi connectivity index (χ3n) is 19.8. The van der Waals surface area contributed by atoms with Gasteiger partial charge in [-0.3, -0.25) is 19.2 Å². The quantitative estimate of drug-likeness (QED) is 0.0122. The number of hydrogen-bond donors (Lipinski definition) is 6. The Morgan fingerprint density at radius 2 is 0.757 bits per heavy atom. The molecule has 4 aliphatic heterocycles. The van der Waals surface area contributed by atoms with Gasteiger partial charge in [0.25, 0.3) is 0 Å². The van der Waals surface area contributed by atoms with E-state index in [1.165, 1.54) is 72.4 Å². The number of nitrogens with one attached hydrogen (secondary N) is 4. The molecule has 0 saturated heterocycles. The number of aliphatic carboxylic acids is 1. The number of nitrogens with zero attached hydrogens (tertiary/aromatic N) is 12. The van der Waals surface area contributed by atoms with Gasteiger partial charge in [0.1, 0.15) is 46.6 Å². The molecule has 12 rings (SSSR count). The predicted molar refractivity (Wildman–Crippen MR) is 436 cm³/mol. The standard InChI is InChI=1S/C24H34N4O2.C22H30N4O2.C20H26N4O.C15H22N2O2.C6H6N2O/c1-3-30-23(29)15-20(21-16-26-18(2)27-17-21)9-6-4-5-7-11-22-13-12-19-10-8-14-25-24(19)28-22;1-16-24-14-19(15-25-16)18(13-21(27)28)7-4-2-3-5-9-20-11-10-17-8-6-12-23-22(17)26-20;1-15-22-13-16(14-23-15)8-11-19(25)7-3-2-6-18-10-9-17-5-4-12-21-20(17)24-18;1-2-19-14(18)8-4-3-7-13-10-9-12-6-5-11-16-15(12)17-13;1-5-7-2-6(4-9)3-8-5/h12-13,16-17,20H,3-11,14-15H2,1-2H3,(H,25,28);10-11,14-15,18H,2-9,12-13H2,1H3,(H,23,26)(H,27,28);8-11,13-14,19,25H,2-7,12H2,1H3,(H,21,24);9-10H,2-8,11H2,1H3,(H,16,17);2-4H,1H3/b;;11-8+;;. The number of aldehydes is 1. The molecule has 3 atom stereocenters. The molecule has 0 saturated carbocycles. The van der Waals surface area contributed by atoms with Crippen LogP contribution in [0.2, 0.25) is 0 Å². The summed E-state index contributed by atoms with van der Waals surface area (Å²) in [6.45, 7) is 16.0. The Labute approximate surface area is 656 Å². The van der Waals surface area contributed by atoms with Crippen molar-refractivity contribution < 1.29 is 38.9 Å². The minimum atomic E-state index is -0.766. The first-order chi connectivity index (χ1) is 54.1. The summed E-state index contributed by atoms with van der Waals surface area (Å²) < 4.78 is 10.1. The van der Waals surface area contributed by atoms with Crippen LogP contribution < -0.4 is 21.3 Å². The van der Waals surface area contributed by atoms with Crippen LogP contribution in [-0.2, 0) is 75.2 Å². The second-order valence-corrected chi connectivity index (χ2v) is 28.8. The zero-order valence-electron chi connectivity index (χ0n) is 66.4. The van der Waals surface area contributed by atoms with Gasteiger partial charge in [0, 0.05) is 111 Å². The van der Waals surface area contributed by atoms with Gasteiger partial charge in [0.05, 0.1) is 37.7 Å². The molecule has 8 aromatic heterocycles. The van der Waals surface area contributed by atoms with Gasteiger partial charge in [-0.25, -0.2) is 59.8 Å². The van der Waals surface area contributed by atoms with Crippen molar-refractivity contribution in [3.8, 4) is 0 Å². The molecular weight excluding hydrogens is 1400 g/mol. The minimum Gasteiger partial charge on any atom is -0.481 e. The van der Waals surface area contributed by atoms with E-state index in [0.29, 0.717) is 43.3 Å². The average molecular weight is 1520 g/mol. The fourth-order valence-electron chi connectivity index (χ4n) is 13.5. The average Bonchev–Trinajstić information content (AvgIpc) is 0.859. The number of fused-ring (bicyclic) bond motifs is 4. The van der Waals surface area contributed by atoms with Crippen LogP contribution in [0.1, 0.15) is 262 Å². The Bertz CT molecular complexity index is 4110. The molecule has 0 aromatic carbocycles. The monoisotopic (exact) mass is 1510 g/mol. The number of pyridine rings is 4. The van der Waals surface area contributed by atoms with Gasteiger partial charge >= 0.3 is 17.9 Å². The number of aryl methyl sites for hydroxylation is 12. The number of carboxylic acid groups (broad SMARTS) is 1. The minimum absolute atomic E-state index is 0.00788. The highest BCUT2D eigenvalue weighted by molar-refractivity contribution is 5.73. The van der Waals surface area contributed by atoms with Crippen molar-refractivity contribution in [2.75, 3.05) is 60.7 Å². The van der Waals surface area contributed by atoms with Gasteiger partial charge in [0.2, 0.25) is 0 Å². The lowest BCUT2D eigenvalue weighted by Crippen LogP contribution is -2.14. The van der Waals surface area contributed by atoms with Crippen LogP contribution in [-0.4, -0.2) is 140 Å². The lowest BCUT2D eigenvalue weighted by atomic mass is 9.92. The van der Waals surface area contributed by atoms with Gasteiger partial charge in [-0.1, -0.05) is 81.4 Å². The van der Waals surface area contributed by atoms with Crippen LogP contribution in [0.3, 0.4) is 0 Å². The van der Waals surface area contributed by atoms with Crippen LogP contribution in [0.4, 0.5) is 23.3 Å². The first-order valence-electron chi connectivity index (χ1n) is 40.5. The van der Waals surface area contributed by atoms with Gasteiger partial charge in [-0.2, -0.15) is 0 Å². The molecule has 24 heteroatoms. The summed E-state index contributed by atoms with van der Waals surface area (Å²) in [5, 5.41) is 32.8. The fraction of sp³-hybridized carbons (Fsp3) is 0.517. The third-order valence-corrected chi connectivity index (χ3v) is 19.8. The van der Waals surface area contributed by atoms with E-state index in [9.17, 15) is 29.4 Å². The van der Waals surface area contributed by atoms with Crippen LogP contribution in [0, 0.1) is 27.7 Å². The topological polar surface area (TPSA) is 330 Å². The number of ether oxygens (including phenoxy) is 2. The number of aliphatic hydroxyl groups is 1. The zero-order chi connectivity index (χ0) is 78.6. The van der Waals surface area contributed by atoms with Crippen LogP contribution in [0.25, 0.3) is 6.08 Å². The number of carbonyl (C=O) groups excluding carboxylic acids is 3. The Balaban J connectivity index is 0.000000180. The number of aliphatic hydroxyl groups excluding tert-OH is 1. The van der Waals surface area contributed by atoms with Crippen molar-refractivity contribution in [3.05, 3.63) is 195 Å². The van der Waals surface area contributed by atoms with Crippen molar-refractivity contribution in [3.63, 3.8) is 0 Å². The maximum absolute atomic E-state index is 12.0. The first-order valence-corrected chi connectivity index (χ1v) is 40.5. The van der Waals surface area contributed by atoms with Gasteiger partial charge in [0.15, 0.2) is 6.29 Å². The number of aromatic nitrogens is 12. The molecule has 0 aliphatic carbocycles. The summed E-state index contributed by atoms with van der Waals surface area (Å²) in [6, 6.07) is 17.4. The molecule has 111 heavy (non-hydrogen) atoms. The largest absolute Gasteiger partial charge is 0.481 e. The summed E-state index contributed by atoms with van der Waals surface area (Å²) in [4.78, 5) is 96.2. The molecule has 0 amide bonds. The Morgan fingerprint density at radius 1 is 0.423 bits per heavy atom. The van der Waals surface area contributed by atoms with Crippen molar-refractivity contribution in [1.82, 2.24) is 59.8 Å². The van der Waals surface area contributed by atoms with Crippen molar-refractivity contribution in [2.45, 2.75) is 252 Å². The molecule has 24 nitrogen and oxygen atoms in total. The summed E-state index contributed by atoms with van der Waals surface area (Å²) in [5.41, 5.74) is 13.3. The van der Waals surface area contributed by atoms with Gasteiger partial charge in [-0.05, 0) is 239 Å². The zero-order valence-corrected chi connectivity index (χ0v) is 66.4. The highest BCUT2D eigenvalue weighted by Gasteiger charge is 2.21. The van der Waals surface area contributed by atoms with Crippen LogP contribution in [0.15, 0.2) is 104 Å². The maximum atomic E-state index is 12.0. The Kier molecular flexibility index (Phi) is 38.4. The lowest BCUT2D eigenvalue weighted by Gasteiger charge is -2.17. The highest BCUT2D eigenvalue weighted by Crippen LogP contribution is 2.30. The van der Waals surface area contributed by atoms with E-state index in [1.807, 2.05) is 59.2 Å². The van der Waals surface area contributed by atoms with E-state index in [0.717, 1.165) is 242 Å². The second-order valence-electron chi connectivity index (χ2n) is 28.8. The number of hydrogen-bond acceptors (Lipinski definition) is 23. The Morgan fingerprint density at radius 3 is 1.14 bits per heavy atom. The molecule has 12 heterocycles. The molecule has 4 aliphatic rings. The SMILES string of the molecule is CCOC(=O)CC(CCCCCCc1ccc2c(n1)NCCC2)c1cnc(C)nc1.CCOC(=O)CCCCc1ccc2c(n1)NCCC2.Cc1ncc(/C=C/C(O)CCCCc2ccc3c(n2)NCCC3)cn1.Cc1ncc(C(CCCCCCc2ccc3c(n2)NCCC3)CC(=O)O)cn1.Cc1ncc(C=O)cn1. The van der Waals surface area contributed by atoms with Crippen molar-refractivity contribution in [2.24, 2.45) is 0 Å². The molecule has 3 unspecified atom stereocenters. The fourth-order valence-corrected chi connectivity index (χ4v) is 13.5. The summed E-state index contributed by atoms with van der Waals surface area (Å²) in [6.07, 6.45) is 47.3. The molecule has 8 aromatic rings. The van der Waals surface area contributed by atoms with Crippen molar-refractivity contribution in [1.29, 1.82) is 0 Å².